The van der Waals surface area contributed by atoms with Crippen LogP contribution in [0.15, 0.2) is 16.7 Å². The van der Waals surface area contributed by atoms with E-state index in [4.69, 9.17) is 15.0 Å². The molecule has 2 N–H and O–H groups in total. The molecule has 1 aromatic carbocycles. The molecule has 2 rings (SSSR count). The summed E-state index contributed by atoms with van der Waals surface area (Å²) in [6.07, 6.45) is 0. The van der Waals surface area contributed by atoms with Gasteiger partial charge in [-0.1, -0.05) is 19.0 Å². The average Bonchev–Trinajstić information content (AvgIpc) is 2.78. The normalized spacial score (nSPS) is 11.2. The van der Waals surface area contributed by atoms with Crippen LogP contribution in [0.3, 0.4) is 0 Å². The minimum absolute atomic E-state index is 0.370. The zero-order valence-corrected chi connectivity index (χ0v) is 12.8. The van der Waals surface area contributed by atoms with Gasteiger partial charge in [-0.15, -0.1) is 0 Å². The third-order valence-corrected chi connectivity index (χ3v) is 3.63. The van der Waals surface area contributed by atoms with Crippen molar-refractivity contribution in [2.24, 2.45) is 5.73 Å². The predicted molar refractivity (Wildman–Crippen MR) is 79.9 cm³/mol. The highest BCUT2D eigenvalue weighted by atomic mass is 16.5. The predicted octanol–water partition coefficient (Wildman–Crippen LogP) is 3.55. The number of benzene rings is 1. The van der Waals surface area contributed by atoms with Crippen molar-refractivity contribution in [2.75, 3.05) is 7.11 Å². The molecule has 0 aliphatic carbocycles. The number of hydrogen-bond acceptors (Lipinski definition) is 4. The second kappa shape index (κ2) is 5.67. The molecule has 108 valence electrons. The van der Waals surface area contributed by atoms with Gasteiger partial charge in [0.05, 0.1) is 12.8 Å². The van der Waals surface area contributed by atoms with Crippen LogP contribution in [-0.2, 0) is 6.54 Å². The number of rotatable bonds is 4. The van der Waals surface area contributed by atoms with Crippen molar-refractivity contribution in [2.45, 2.75) is 40.2 Å². The van der Waals surface area contributed by atoms with Gasteiger partial charge in [0, 0.05) is 17.7 Å². The van der Waals surface area contributed by atoms with Crippen LogP contribution < -0.4 is 10.5 Å². The molecule has 0 saturated carbocycles. The average molecular weight is 274 g/mol. The van der Waals surface area contributed by atoms with Crippen molar-refractivity contribution >= 4 is 0 Å². The smallest absolute Gasteiger partial charge is 0.171 e. The van der Waals surface area contributed by atoms with Crippen LogP contribution in [0.25, 0.3) is 11.3 Å². The molecule has 4 heteroatoms. The number of ether oxygens (including phenoxy) is 1. The van der Waals surface area contributed by atoms with E-state index in [-0.39, 0.29) is 0 Å². The summed E-state index contributed by atoms with van der Waals surface area (Å²) in [5.74, 6) is 2.05. The standard InChI is InChI=1S/C16H22N2O2/c1-9(2)12-7-13(10(3)6-15(12)19-5)16-14(8-17)11(4)18-20-16/h6-7,9H,8,17H2,1-5H3. The summed E-state index contributed by atoms with van der Waals surface area (Å²) in [6.45, 7) is 8.67. The molecule has 0 atom stereocenters. The summed E-state index contributed by atoms with van der Waals surface area (Å²) in [7, 11) is 1.70. The number of nitrogens with two attached hydrogens (primary N) is 1. The second-order valence-corrected chi connectivity index (χ2v) is 5.34. The van der Waals surface area contributed by atoms with E-state index in [1.807, 2.05) is 19.9 Å². The summed E-state index contributed by atoms with van der Waals surface area (Å²) in [4.78, 5) is 0. The van der Waals surface area contributed by atoms with Gasteiger partial charge >= 0.3 is 0 Å². The van der Waals surface area contributed by atoms with Crippen LogP contribution in [-0.4, -0.2) is 12.3 Å². The Balaban J connectivity index is 2.65. The van der Waals surface area contributed by atoms with Crippen molar-refractivity contribution in [1.29, 1.82) is 0 Å². The maximum atomic E-state index is 5.81. The zero-order valence-electron chi connectivity index (χ0n) is 12.8. The highest BCUT2D eigenvalue weighted by molar-refractivity contribution is 5.68. The van der Waals surface area contributed by atoms with E-state index in [0.717, 1.165) is 39.5 Å². The fourth-order valence-electron chi connectivity index (χ4n) is 2.41. The molecule has 0 amide bonds. The Kier molecular flexibility index (Phi) is 4.14. The summed E-state index contributed by atoms with van der Waals surface area (Å²) in [5, 5.41) is 4.04. The van der Waals surface area contributed by atoms with Gasteiger partial charge in [0.1, 0.15) is 5.75 Å². The SMILES string of the molecule is COc1cc(C)c(-c2onc(C)c2CN)cc1C(C)C. The lowest BCUT2D eigenvalue weighted by atomic mass is 9.94. The van der Waals surface area contributed by atoms with Gasteiger partial charge < -0.3 is 15.0 Å². The third-order valence-electron chi connectivity index (χ3n) is 3.63. The van der Waals surface area contributed by atoms with E-state index >= 15 is 0 Å². The van der Waals surface area contributed by atoms with Crippen molar-refractivity contribution in [3.63, 3.8) is 0 Å². The molecule has 20 heavy (non-hydrogen) atoms. The Hall–Kier alpha value is -1.81. The van der Waals surface area contributed by atoms with Crippen LogP contribution in [0.1, 0.15) is 42.1 Å². The zero-order chi connectivity index (χ0) is 14.9. The molecule has 0 aliphatic heterocycles. The molecule has 1 aromatic heterocycles. The molecule has 0 spiro atoms. The molecular formula is C16H22N2O2. The highest BCUT2D eigenvalue weighted by Gasteiger charge is 2.19. The van der Waals surface area contributed by atoms with E-state index < -0.39 is 0 Å². The van der Waals surface area contributed by atoms with Crippen molar-refractivity contribution < 1.29 is 9.26 Å². The quantitative estimate of drug-likeness (QED) is 0.926. The fourth-order valence-corrected chi connectivity index (χ4v) is 2.41. The third kappa shape index (κ3) is 2.43. The first-order valence-corrected chi connectivity index (χ1v) is 6.83. The van der Waals surface area contributed by atoms with Crippen LogP contribution in [0.5, 0.6) is 5.75 Å². The van der Waals surface area contributed by atoms with Crippen molar-refractivity contribution in [1.82, 2.24) is 5.16 Å². The van der Waals surface area contributed by atoms with Gasteiger partial charge in [0.15, 0.2) is 5.76 Å². The molecule has 0 unspecified atom stereocenters. The van der Waals surface area contributed by atoms with E-state index in [1.54, 1.807) is 7.11 Å². The Morgan fingerprint density at radius 1 is 1.30 bits per heavy atom. The van der Waals surface area contributed by atoms with Crippen molar-refractivity contribution in [3.05, 3.63) is 34.5 Å². The molecular weight excluding hydrogens is 252 g/mol. The van der Waals surface area contributed by atoms with Crippen LogP contribution in [0.2, 0.25) is 0 Å². The largest absolute Gasteiger partial charge is 0.496 e. The number of nitrogens with zero attached hydrogens (tertiary/aromatic N) is 1. The summed E-state index contributed by atoms with van der Waals surface area (Å²) in [6, 6.07) is 4.17. The minimum atomic E-state index is 0.370. The van der Waals surface area contributed by atoms with Gasteiger partial charge in [-0.25, -0.2) is 0 Å². The minimum Gasteiger partial charge on any atom is -0.496 e. The molecule has 0 saturated heterocycles. The van der Waals surface area contributed by atoms with Crippen LogP contribution >= 0.6 is 0 Å². The van der Waals surface area contributed by atoms with Gasteiger partial charge in [0.2, 0.25) is 0 Å². The Morgan fingerprint density at radius 3 is 2.55 bits per heavy atom. The van der Waals surface area contributed by atoms with Crippen molar-refractivity contribution in [3.8, 4) is 17.1 Å². The molecule has 0 fully saturated rings. The van der Waals surface area contributed by atoms with E-state index in [9.17, 15) is 0 Å². The monoisotopic (exact) mass is 274 g/mol. The molecule has 0 aliphatic rings. The van der Waals surface area contributed by atoms with Gasteiger partial charge in [-0.3, -0.25) is 0 Å². The van der Waals surface area contributed by atoms with Crippen LogP contribution in [0.4, 0.5) is 0 Å². The molecule has 0 bridgehead atoms. The molecule has 4 nitrogen and oxygen atoms in total. The van der Waals surface area contributed by atoms with Gasteiger partial charge in [-0.2, -0.15) is 0 Å². The van der Waals surface area contributed by atoms with Crippen LogP contribution in [0, 0.1) is 13.8 Å². The molecule has 2 aromatic rings. The summed E-state index contributed by atoms with van der Waals surface area (Å²) < 4.78 is 11.0. The Morgan fingerprint density at radius 2 is 2.00 bits per heavy atom. The Bertz CT molecular complexity index is 615. The first kappa shape index (κ1) is 14.6. The number of aromatic nitrogens is 1. The summed E-state index contributed by atoms with van der Waals surface area (Å²) >= 11 is 0. The first-order chi connectivity index (χ1) is 9.49. The Labute approximate surface area is 119 Å². The maximum Gasteiger partial charge on any atom is 0.171 e. The lowest BCUT2D eigenvalue weighted by molar-refractivity contribution is 0.406. The maximum absolute atomic E-state index is 5.81. The topological polar surface area (TPSA) is 61.3 Å². The first-order valence-electron chi connectivity index (χ1n) is 6.83. The van der Waals surface area contributed by atoms with E-state index in [1.165, 1.54) is 0 Å². The second-order valence-electron chi connectivity index (χ2n) is 5.34. The fraction of sp³-hybridized carbons (Fsp3) is 0.438. The molecule has 0 radical (unpaired) electrons. The van der Waals surface area contributed by atoms with E-state index in [0.29, 0.717) is 12.5 Å². The molecule has 1 heterocycles. The van der Waals surface area contributed by atoms with Gasteiger partial charge in [-0.05, 0) is 43.0 Å². The number of hydrogen-bond donors (Lipinski definition) is 1. The lowest BCUT2D eigenvalue weighted by Crippen LogP contribution is -2.01. The number of methoxy groups -OCH3 is 1. The van der Waals surface area contributed by atoms with Gasteiger partial charge in [0.25, 0.3) is 0 Å². The summed E-state index contributed by atoms with van der Waals surface area (Å²) in [5.41, 5.74) is 10.9. The lowest BCUT2D eigenvalue weighted by Gasteiger charge is -2.15. The number of aryl methyl sites for hydroxylation is 2. The van der Waals surface area contributed by atoms with E-state index in [2.05, 4.69) is 25.1 Å². The highest BCUT2D eigenvalue weighted by Crippen LogP contribution is 2.36.